The van der Waals surface area contributed by atoms with E-state index in [1.165, 1.54) is 44.1 Å². The molecule has 114 valence electrons. The fourth-order valence-electron chi connectivity index (χ4n) is 5.66. The van der Waals surface area contributed by atoms with Crippen LogP contribution >= 0.6 is 27.5 Å². The first kappa shape index (κ1) is 14.4. The number of halogens is 2. The Labute approximate surface area is 140 Å². The Balaban J connectivity index is 1.66. The second-order valence-electron chi connectivity index (χ2n) is 7.53. The van der Waals surface area contributed by atoms with Gasteiger partial charge in [0.1, 0.15) is 5.75 Å². The molecule has 1 nitrogen and oxygen atoms in total. The minimum absolute atomic E-state index is 0.386. The summed E-state index contributed by atoms with van der Waals surface area (Å²) in [6.07, 6.45) is 8.60. The van der Waals surface area contributed by atoms with Crippen LogP contribution in [-0.2, 0) is 0 Å². The highest BCUT2D eigenvalue weighted by atomic mass is 79.9. The van der Waals surface area contributed by atoms with Crippen molar-refractivity contribution in [2.24, 2.45) is 23.2 Å². The van der Waals surface area contributed by atoms with Crippen LogP contribution in [-0.4, -0.2) is 7.11 Å². The predicted octanol–water partition coefficient (Wildman–Crippen LogP) is 6.00. The Morgan fingerprint density at radius 1 is 1.14 bits per heavy atom. The molecule has 4 saturated carbocycles. The van der Waals surface area contributed by atoms with Crippen LogP contribution in [0.2, 0.25) is 5.02 Å². The molecular weight excluding hydrogens is 348 g/mol. The topological polar surface area (TPSA) is 9.23 Å². The number of benzene rings is 1. The van der Waals surface area contributed by atoms with Crippen molar-refractivity contribution >= 4 is 27.5 Å². The van der Waals surface area contributed by atoms with Crippen molar-refractivity contribution in [3.63, 3.8) is 0 Å². The zero-order chi connectivity index (χ0) is 14.6. The van der Waals surface area contributed by atoms with Crippen molar-refractivity contribution in [2.75, 3.05) is 7.11 Å². The molecule has 1 aromatic carbocycles. The molecule has 0 amide bonds. The molecule has 0 saturated heterocycles. The van der Waals surface area contributed by atoms with E-state index in [0.717, 1.165) is 28.5 Å². The highest BCUT2D eigenvalue weighted by Gasteiger charge is 2.54. The van der Waals surface area contributed by atoms with Crippen LogP contribution in [0.5, 0.6) is 5.75 Å². The molecule has 5 rings (SSSR count). The van der Waals surface area contributed by atoms with Crippen molar-refractivity contribution in [1.82, 2.24) is 0 Å². The molecule has 0 heterocycles. The van der Waals surface area contributed by atoms with Crippen molar-refractivity contribution in [3.8, 4) is 5.75 Å². The standard InChI is InChI=1S/C18H22BrClO/c1-21-14-2-3-15(16(20)7-14)17(19)18-8-11-4-12(9-18)6-13(5-11)10-18/h2-3,7,11-13,17H,4-6,8-10H2,1H3. The predicted molar refractivity (Wildman–Crippen MR) is 90.3 cm³/mol. The minimum atomic E-state index is 0.386. The number of hydrogen-bond acceptors (Lipinski definition) is 1. The number of rotatable bonds is 3. The third-order valence-electron chi connectivity index (χ3n) is 6.10. The number of ether oxygens (including phenoxy) is 1. The number of alkyl halides is 1. The molecule has 1 unspecified atom stereocenters. The van der Waals surface area contributed by atoms with Crippen molar-refractivity contribution < 1.29 is 4.74 Å². The molecule has 4 bridgehead atoms. The third-order valence-corrected chi connectivity index (χ3v) is 7.90. The summed E-state index contributed by atoms with van der Waals surface area (Å²) >= 11 is 10.6. The van der Waals surface area contributed by atoms with E-state index in [4.69, 9.17) is 16.3 Å². The monoisotopic (exact) mass is 368 g/mol. The Morgan fingerprint density at radius 3 is 2.19 bits per heavy atom. The summed E-state index contributed by atoms with van der Waals surface area (Å²) in [5, 5.41) is 0.840. The average molecular weight is 370 g/mol. The normalized spacial score (nSPS) is 38.5. The lowest BCUT2D eigenvalue weighted by atomic mass is 9.48. The zero-order valence-electron chi connectivity index (χ0n) is 12.4. The molecule has 4 aliphatic rings. The largest absolute Gasteiger partial charge is 0.497 e. The van der Waals surface area contributed by atoms with Crippen LogP contribution in [0.15, 0.2) is 18.2 Å². The molecule has 0 N–H and O–H groups in total. The Morgan fingerprint density at radius 2 is 1.71 bits per heavy atom. The smallest absolute Gasteiger partial charge is 0.120 e. The Bertz CT molecular complexity index is 521. The van der Waals surface area contributed by atoms with Gasteiger partial charge in [0, 0.05) is 9.85 Å². The summed E-state index contributed by atoms with van der Waals surface area (Å²) in [5.74, 6) is 3.74. The molecule has 3 heteroatoms. The van der Waals surface area contributed by atoms with Gasteiger partial charge < -0.3 is 4.74 Å². The first-order valence-electron chi connectivity index (χ1n) is 8.07. The van der Waals surface area contributed by atoms with Crippen LogP contribution in [0.1, 0.15) is 48.9 Å². The zero-order valence-corrected chi connectivity index (χ0v) is 14.8. The van der Waals surface area contributed by atoms with Crippen LogP contribution in [0.3, 0.4) is 0 Å². The van der Waals surface area contributed by atoms with Crippen LogP contribution in [0.25, 0.3) is 0 Å². The molecule has 4 fully saturated rings. The molecule has 4 aliphatic carbocycles. The summed E-state index contributed by atoms with van der Waals surface area (Å²) < 4.78 is 5.28. The average Bonchev–Trinajstić information content (AvgIpc) is 2.45. The summed E-state index contributed by atoms with van der Waals surface area (Å²) in [7, 11) is 1.69. The lowest BCUT2D eigenvalue weighted by Crippen LogP contribution is -2.47. The quantitative estimate of drug-likeness (QED) is 0.594. The van der Waals surface area contributed by atoms with Gasteiger partial charge in [-0.15, -0.1) is 0 Å². The van der Waals surface area contributed by atoms with Gasteiger partial charge in [0.2, 0.25) is 0 Å². The molecule has 0 radical (unpaired) electrons. The van der Waals surface area contributed by atoms with Crippen LogP contribution < -0.4 is 4.74 Å². The van der Waals surface area contributed by atoms with Crippen molar-refractivity contribution in [1.29, 1.82) is 0 Å². The first-order chi connectivity index (χ1) is 10.1. The highest BCUT2D eigenvalue weighted by Crippen LogP contribution is 2.66. The van der Waals surface area contributed by atoms with E-state index in [0.29, 0.717) is 10.2 Å². The Kier molecular flexibility index (Phi) is 3.54. The number of hydrogen-bond donors (Lipinski definition) is 0. The van der Waals surface area contributed by atoms with Gasteiger partial charge in [0.05, 0.1) is 7.11 Å². The van der Waals surface area contributed by atoms with Gasteiger partial charge in [0.25, 0.3) is 0 Å². The second kappa shape index (κ2) is 5.16. The maximum atomic E-state index is 6.53. The summed E-state index contributed by atoms with van der Waals surface area (Å²) in [4.78, 5) is 0.386. The van der Waals surface area contributed by atoms with Gasteiger partial charge in [0.15, 0.2) is 0 Å². The van der Waals surface area contributed by atoms with Crippen molar-refractivity contribution in [3.05, 3.63) is 28.8 Å². The molecule has 0 aromatic heterocycles. The third kappa shape index (κ3) is 2.34. The maximum Gasteiger partial charge on any atom is 0.120 e. The van der Waals surface area contributed by atoms with Crippen LogP contribution in [0, 0.1) is 23.2 Å². The molecule has 0 aliphatic heterocycles. The van der Waals surface area contributed by atoms with Gasteiger partial charge in [-0.25, -0.2) is 0 Å². The van der Waals surface area contributed by atoms with E-state index in [1.807, 2.05) is 12.1 Å². The van der Waals surface area contributed by atoms with E-state index >= 15 is 0 Å². The molecular formula is C18H22BrClO. The summed E-state index contributed by atoms with van der Waals surface area (Å²) in [5.41, 5.74) is 1.69. The SMILES string of the molecule is COc1ccc(C(Br)C23CC4CC(CC(C4)C2)C3)c(Cl)c1. The first-order valence-corrected chi connectivity index (χ1v) is 9.36. The van der Waals surface area contributed by atoms with Crippen molar-refractivity contribution in [2.45, 2.75) is 43.4 Å². The number of methoxy groups -OCH3 is 1. The van der Waals surface area contributed by atoms with E-state index in [1.54, 1.807) is 7.11 Å². The lowest BCUT2D eigenvalue weighted by Gasteiger charge is -2.58. The van der Waals surface area contributed by atoms with Gasteiger partial charge in [-0.3, -0.25) is 0 Å². The molecule has 1 atom stereocenters. The fraction of sp³-hybridized carbons (Fsp3) is 0.667. The minimum Gasteiger partial charge on any atom is -0.497 e. The van der Waals surface area contributed by atoms with E-state index in [2.05, 4.69) is 22.0 Å². The van der Waals surface area contributed by atoms with E-state index in [-0.39, 0.29) is 0 Å². The molecule has 0 spiro atoms. The molecule has 21 heavy (non-hydrogen) atoms. The maximum absolute atomic E-state index is 6.53. The summed E-state index contributed by atoms with van der Waals surface area (Å²) in [6.45, 7) is 0. The molecule has 1 aromatic rings. The van der Waals surface area contributed by atoms with Gasteiger partial charge >= 0.3 is 0 Å². The lowest BCUT2D eigenvalue weighted by molar-refractivity contribution is -0.0528. The fourth-order valence-corrected chi connectivity index (χ4v) is 7.03. The second-order valence-corrected chi connectivity index (χ2v) is 8.85. The van der Waals surface area contributed by atoms with Gasteiger partial charge in [-0.1, -0.05) is 33.6 Å². The van der Waals surface area contributed by atoms with Gasteiger partial charge in [-0.05, 0) is 79.4 Å². The van der Waals surface area contributed by atoms with E-state index < -0.39 is 0 Å². The summed E-state index contributed by atoms with van der Waals surface area (Å²) in [6, 6.07) is 6.14. The van der Waals surface area contributed by atoms with E-state index in [9.17, 15) is 0 Å². The Hall–Kier alpha value is -0.210. The highest BCUT2D eigenvalue weighted by molar-refractivity contribution is 9.09. The van der Waals surface area contributed by atoms with Gasteiger partial charge in [-0.2, -0.15) is 0 Å². The van der Waals surface area contributed by atoms with Crippen LogP contribution in [0.4, 0.5) is 0 Å².